The normalized spacial score (nSPS) is 15.6. The summed E-state index contributed by atoms with van der Waals surface area (Å²) in [6, 6.07) is 7.25. The molecule has 0 bridgehead atoms. The third kappa shape index (κ3) is 4.19. The Morgan fingerprint density at radius 3 is 2.59 bits per heavy atom. The van der Waals surface area contributed by atoms with E-state index in [1.807, 2.05) is 32.0 Å². The highest BCUT2D eigenvalue weighted by Crippen LogP contribution is 2.22. The first-order valence-electron chi connectivity index (χ1n) is 9.29. The Kier molecular flexibility index (Phi) is 5.91. The number of carbonyl (C=O) groups is 3. The number of hydrogen-bond acceptors (Lipinski definition) is 4. The van der Waals surface area contributed by atoms with Gasteiger partial charge in [0.2, 0.25) is 5.91 Å². The van der Waals surface area contributed by atoms with Gasteiger partial charge < -0.3 is 19.5 Å². The van der Waals surface area contributed by atoms with E-state index in [1.54, 1.807) is 21.7 Å². The number of fused-ring (bicyclic) bond motifs is 1. The molecule has 1 aliphatic rings. The zero-order valence-electron chi connectivity index (χ0n) is 15.7. The minimum Gasteiger partial charge on any atom is -0.378 e. The highest BCUT2D eigenvalue weighted by Gasteiger charge is 2.24. The van der Waals surface area contributed by atoms with E-state index in [0.717, 1.165) is 11.9 Å². The summed E-state index contributed by atoms with van der Waals surface area (Å²) >= 11 is 0. The van der Waals surface area contributed by atoms with Crippen LogP contribution in [0.1, 0.15) is 30.6 Å². The first-order chi connectivity index (χ1) is 13.0. The number of rotatable bonds is 6. The Morgan fingerprint density at radius 1 is 1.19 bits per heavy atom. The average Bonchev–Trinajstić information content (AvgIpc) is 3.06. The molecule has 2 aromatic rings. The summed E-state index contributed by atoms with van der Waals surface area (Å²) in [5, 5.41) is 3.38. The average molecular weight is 371 g/mol. The van der Waals surface area contributed by atoms with E-state index in [0.29, 0.717) is 37.3 Å². The molecule has 7 heteroatoms. The van der Waals surface area contributed by atoms with Gasteiger partial charge in [-0.1, -0.05) is 25.1 Å². The van der Waals surface area contributed by atoms with Crippen LogP contribution in [0.25, 0.3) is 10.9 Å². The number of nitrogens with one attached hydrogen (secondary N) is 1. The summed E-state index contributed by atoms with van der Waals surface area (Å²) < 4.78 is 7.03. The maximum Gasteiger partial charge on any atom is 0.292 e. The molecule has 1 aromatic heterocycles. The van der Waals surface area contributed by atoms with Crippen LogP contribution in [0.3, 0.4) is 0 Å². The molecule has 1 fully saturated rings. The van der Waals surface area contributed by atoms with Crippen molar-refractivity contribution >= 4 is 28.5 Å². The third-order valence-corrected chi connectivity index (χ3v) is 4.90. The van der Waals surface area contributed by atoms with Gasteiger partial charge in [-0.05, 0) is 19.4 Å². The van der Waals surface area contributed by atoms with Crippen molar-refractivity contribution in [3.8, 4) is 0 Å². The number of nitrogens with zero attached hydrogens (tertiary/aromatic N) is 2. The molecular formula is C20H25N3O4. The number of hydrogen-bond donors (Lipinski definition) is 1. The zero-order valence-corrected chi connectivity index (χ0v) is 15.7. The molecule has 27 heavy (non-hydrogen) atoms. The van der Waals surface area contributed by atoms with Crippen LogP contribution in [0.4, 0.5) is 0 Å². The molecule has 144 valence electrons. The summed E-state index contributed by atoms with van der Waals surface area (Å²) in [5.74, 6) is -1.22. The molecule has 1 N–H and O–H groups in total. The Hall–Kier alpha value is -2.67. The monoisotopic (exact) mass is 371 g/mol. The van der Waals surface area contributed by atoms with Gasteiger partial charge in [-0.25, -0.2) is 0 Å². The number of ether oxygens (including phenoxy) is 1. The van der Waals surface area contributed by atoms with Gasteiger partial charge >= 0.3 is 0 Å². The van der Waals surface area contributed by atoms with Crippen LogP contribution in [-0.4, -0.2) is 59.4 Å². The van der Waals surface area contributed by atoms with Crippen LogP contribution < -0.4 is 5.32 Å². The van der Waals surface area contributed by atoms with E-state index < -0.39 is 11.7 Å². The highest BCUT2D eigenvalue weighted by atomic mass is 16.5. The van der Waals surface area contributed by atoms with Gasteiger partial charge in [-0.15, -0.1) is 0 Å². The fourth-order valence-electron chi connectivity index (χ4n) is 3.13. The first-order valence-corrected chi connectivity index (χ1v) is 9.29. The summed E-state index contributed by atoms with van der Waals surface area (Å²) in [7, 11) is 0. The van der Waals surface area contributed by atoms with Crippen molar-refractivity contribution in [2.24, 2.45) is 0 Å². The van der Waals surface area contributed by atoms with E-state index in [-0.39, 0.29) is 18.5 Å². The summed E-state index contributed by atoms with van der Waals surface area (Å²) in [6.45, 7) is 6.15. The molecule has 2 heterocycles. The van der Waals surface area contributed by atoms with Gasteiger partial charge in [0.15, 0.2) is 0 Å². The van der Waals surface area contributed by atoms with Crippen LogP contribution in [-0.2, 0) is 20.9 Å². The second-order valence-corrected chi connectivity index (χ2v) is 6.79. The number of aromatic nitrogens is 1. The summed E-state index contributed by atoms with van der Waals surface area (Å²) in [6.07, 6.45) is 2.36. The second kappa shape index (κ2) is 8.35. The fraction of sp³-hybridized carbons (Fsp3) is 0.450. The number of amides is 2. The molecule has 0 unspecified atom stereocenters. The summed E-state index contributed by atoms with van der Waals surface area (Å²) in [5.41, 5.74) is 1.08. The lowest BCUT2D eigenvalue weighted by Gasteiger charge is -2.27. The van der Waals surface area contributed by atoms with Gasteiger partial charge in [0.25, 0.3) is 11.7 Å². The maximum atomic E-state index is 12.7. The molecule has 1 aromatic carbocycles. The van der Waals surface area contributed by atoms with Crippen molar-refractivity contribution in [3.63, 3.8) is 0 Å². The molecule has 1 aliphatic heterocycles. The van der Waals surface area contributed by atoms with Crippen LogP contribution >= 0.6 is 0 Å². The fourth-order valence-corrected chi connectivity index (χ4v) is 3.13. The quantitative estimate of drug-likeness (QED) is 0.618. The second-order valence-electron chi connectivity index (χ2n) is 6.79. The molecule has 7 nitrogen and oxygen atoms in total. The van der Waals surface area contributed by atoms with E-state index in [1.165, 1.54) is 0 Å². The van der Waals surface area contributed by atoms with Gasteiger partial charge in [0.1, 0.15) is 6.54 Å². The number of benzene rings is 1. The van der Waals surface area contributed by atoms with E-state index in [9.17, 15) is 14.4 Å². The molecule has 1 atom stereocenters. The molecule has 3 rings (SSSR count). The number of Topliss-reactive ketones (excluding diaryl/α,β-unsaturated/α-hetero) is 1. The molecular weight excluding hydrogens is 346 g/mol. The number of carbonyl (C=O) groups excluding carboxylic acids is 3. The van der Waals surface area contributed by atoms with Crippen molar-refractivity contribution in [3.05, 3.63) is 36.0 Å². The van der Waals surface area contributed by atoms with Crippen LogP contribution in [0.15, 0.2) is 30.5 Å². The predicted molar refractivity (Wildman–Crippen MR) is 102 cm³/mol. The molecule has 0 saturated carbocycles. The standard InChI is InChI=1S/C20H25N3O4/c1-3-14(2)21-20(26)19(25)16-12-23(17-7-5-4-6-15(16)17)13-18(24)22-8-10-27-11-9-22/h4-7,12,14H,3,8-11,13H2,1-2H3,(H,21,26)/t14-/m1/s1. The molecule has 0 aliphatic carbocycles. The Morgan fingerprint density at radius 2 is 1.89 bits per heavy atom. The van der Waals surface area contributed by atoms with Crippen LogP contribution in [0.2, 0.25) is 0 Å². The number of morpholine rings is 1. The SMILES string of the molecule is CC[C@@H](C)NC(=O)C(=O)c1cn(CC(=O)N2CCOCC2)c2ccccc12. The third-order valence-electron chi connectivity index (χ3n) is 4.90. The van der Waals surface area contributed by atoms with Gasteiger partial charge in [0, 0.05) is 36.2 Å². The summed E-state index contributed by atoms with van der Waals surface area (Å²) in [4.78, 5) is 39.3. The van der Waals surface area contributed by atoms with E-state index >= 15 is 0 Å². The molecule has 0 radical (unpaired) electrons. The lowest BCUT2D eigenvalue weighted by atomic mass is 10.1. The lowest BCUT2D eigenvalue weighted by Crippen LogP contribution is -2.42. The number of para-hydroxylation sites is 1. The lowest BCUT2D eigenvalue weighted by molar-refractivity contribution is -0.135. The first kappa shape index (κ1) is 19.1. The van der Waals surface area contributed by atoms with Crippen LogP contribution in [0, 0.1) is 0 Å². The number of ketones is 1. The van der Waals surface area contributed by atoms with Crippen molar-refractivity contribution in [2.45, 2.75) is 32.9 Å². The van der Waals surface area contributed by atoms with Crippen molar-refractivity contribution in [2.75, 3.05) is 26.3 Å². The van der Waals surface area contributed by atoms with Crippen molar-refractivity contribution < 1.29 is 19.1 Å². The maximum absolute atomic E-state index is 12.7. The van der Waals surface area contributed by atoms with Crippen molar-refractivity contribution in [1.82, 2.24) is 14.8 Å². The van der Waals surface area contributed by atoms with Crippen LogP contribution in [0.5, 0.6) is 0 Å². The minimum atomic E-state index is -0.619. The topological polar surface area (TPSA) is 80.6 Å². The van der Waals surface area contributed by atoms with Gasteiger partial charge in [0.05, 0.1) is 18.8 Å². The van der Waals surface area contributed by atoms with Gasteiger partial charge in [-0.2, -0.15) is 0 Å². The molecule has 2 amide bonds. The Labute approximate surface area is 158 Å². The largest absolute Gasteiger partial charge is 0.378 e. The smallest absolute Gasteiger partial charge is 0.292 e. The van der Waals surface area contributed by atoms with E-state index in [4.69, 9.17) is 4.74 Å². The minimum absolute atomic E-state index is 0.0258. The van der Waals surface area contributed by atoms with E-state index in [2.05, 4.69) is 5.32 Å². The zero-order chi connectivity index (χ0) is 19.4. The Balaban J connectivity index is 1.86. The molecule has 0 spiro atoms. The highest BCUT2D eigenvalue weighted by molar-refractivity contribution is 6.45. The molecule has 1 saturated heterocycles. The Bertz CT molecular complexity index is 852. The predicted octanol–water partition coefficient (Wildman–Crippen LogP) is 1.60. The van der Waals surface area contributed by atoms with Crippen molar-refractivity contribution in [1.29, 1.82) is 0 Å². The van der Waals surface area contributed by atoms with Gasteiger partial charge in [-0.3, -0.25) is 14.4 Å².